The van der Waals surface area contributed by atoms with Gasteiger partial charge in [-0.1, -0.05) is 56.7 Å². The summed E-state index contributed by atoms with van der Waals surface area (Å²) in [6.45, 7) is 12.0. The summed E-state index contributed by atoms with van der Waals surface area (Å²) in [5, 5.41) is 1.88. The highest BCUT2D eigenvalue weighted by Crippen LogP contribution is 2.30. The number of allylic oxidation sites excluding steroid dienone is 4. The first-order chi connectivity index (χ1) is 16.9. The molecule has 0 saturated carbocycles. The van der Waals surface area contributed by atoms with E-state index in [1.807, 2.05) is 11.1 Å². The highest BCUT2D eigenvalue weighted by atomic mass is 16.6. The maximum absolute atomic E-state index is 12.3. The van der Waals surface area contributed by atoms with Crippen molar-refractivity contribution in [3.05, 3.63) is 65.1 Å². The van der Waals surface area contributed by atoms with Gasteiger partial charge in [0, 0.05) is 32.4 Å². The van der Waals surface area contributed by atoms with Crippen LogP contribution in [0.4, 0.5) is 0 Å². The normalized spacial score (nSPS) is 19.6. The number of Topliss-reactive ketones (excluding diaryl/α,β-unsaturated/α-hetero) is 1. The van der Waals surface area contributed by atoms with Crippen LogP contribution in [0.15, 0.2) is 54.0 Å². The van der Waals surface area contributed by atoms with Gasteiger partial charge in [0.15, 0.2) is 5.76 Å². The lowest BCUT2D eigenvalue weighted by molar-refractivity contribution is -0.118. The molecule has 5 nitrogen and oxygen atoms in total. The Kier molecular flexibility index (Phi) is 11.1. The average Bonchev–Trinajstić information content (AvgIpc) is 3.26. The van der Waals surface area contributed by atoms with Crippen molar-refractivity contribution in [1.82, 2.24) is 5.01 Å². The van der Waals surface area contributed by atoms with Crippen LogP contribution in [0.5, 0.6) is 0 Å². The van der Waals surface area contributed by atoms with Crippen molar-refractivity contribution >= 4 is 11.4 Å². The van der Waals surface area contributed by atoms with Crippen LogP contribution < -0.4 is 5.84 Å². The molecule has 192 valence electrons. The summed E-state index contributed by atoms with van der Waals surface area (Å²) in [5.41, 5.74) is 4.97. The maximum atomic E-state index is 12.3. The van der Waals surface area contributed by atoms with Crippen LogP contribution in [-0.4, -0.2) is 37.1 Å². The van der Waals surface area contributed by atoms with Crippen molar-refractivity contribution in [1.29, 1.82) is 0 Å². The Bertz CT molecular complexity index is 893. The molecule has 0 radical (unpaired) electrons. The molecule has 0 aromatic heterocycles. The molecule has 3 aliphatic rings. The highest BCUT2D eigenvalue weighted by molar-refractivity contribution is 5.81. The van der Waals surface area contributed by atoms with E-state index < -0.39 is 0 Å². The van der Waals surface area contributed by atoms with E-state index in [0.29, 0.717) is 31.8 Å². The molecule has 35 heavy (non-hydrogen) atoms. The first-order valence-electron chi connectivity index (χ1n) is 13.4. The fraction of sp³-hybridized carbons (Fsp3) is 0.567. The monoisotopic (exact) mass is 480 g/mol. The molecular formula is C30H44N2O3. The van der Waals surface area contributed by atoms with E-state index in [0.717, 1.165) is 75.5 Å². The summed E-state index contributed by atoms with van der Waals surface area (Å²) in [6, 6.07) is 8.71. The standard InChI is InChI=1S/C25H32O3.C5H12N2/c1-3-20-9-12-22(13-10-20)19(2)7-5-4-6-8-23(26)17-21-11-14-24-25(18-21)28-16-15-27-24;1-5-2-3-7(6)4-5/h9-10,12-13,18H,2-8,11,14-17H2,1H3;5H,2-4,6H2,1H3. The topological polar surface area (TPSA) is 64.8 Å². The third kappa shape index (κ3) is 9.30. The SMILES string of the molecule is C=C(CCCCCC(=O)CC1=CC2=C(CC1)OCCO2)c1ccc(CC)cc1.CC1CCN(N)C1. The fourth-order valence-corrected chi connectivity index (χ4v) is 4.73. The Morgan fingerprint density at radius 1 is 1.09 bits per heavy atom. The largest absolute Gasteiger partial charge is 0.491 e. The van der Waals surface area contributed by atoms with Gasteiger partial charge in [0.25, 0.3) is 0 Å². The number of hydrazine groups is 1. The van der Waals surface area contributed by atoms with Gasteiger partial charge in [-0.3, -0.25) is 10.6 Å². The molecule has 1 aromatic carbocycles. The molecule has 0 amide bonds. The van der Waals surface area contributed by atoms with Crippen LogP contribution in [0.1, 0.15) is 82.8 Å². The van der Waals surface area contributed by atoms with Crippen LogP contribution in [0, 0.1) is 5.92 Å². The number of ether oxygens (including phenoxy) is 2. The van der Waals surface area contributed by atoms with Crippen molar-refractivity contribution < 1.29 is 14.3 Å². The lowest BCUT2D eigenvalue weighted by Crippen LogP contribution is -2.27. The van der Waals surface area contributed by atoms with Crippen LogP contribution >= 0.6 is 0 Å². The van der Waals surface area contributed by atoms with Crippen molar-refractivity contribution in [2.24, 2.45) is 11.8 Å². The van der Waals surface area contributed by atoms with Gasteiger partial charge in [0.1, 0.15) is 24.8 Å². The second-order valence-electron chi connectivity index (χ2n) is 10.1. The van der Waals surface area contributed by atoms with Crippen molar-refractivity contribution in [3.8, 4) is 0 Å². The fourth-order valence-electron chi connectivity index (χ4n) is 4.73. The summed E-state index contributed by atoms with van der Waals surface area (Å²) >= 11 is 0. The third-order valence-electron chi connectivity index (χ3n) is 6.98. The number of hydrogen-bond donors (Lipinski definition) is 1. The molecule has 1 atom stereocenters. The molecule has 1 fully saturated rings. The molecule has 1 saturated heterocycles. The number of carbonyl (C=O) groups is 1. The van der Waals surface area contributed by atoms with Gasteiger partial charge >= 0.3 is 0 Å². The number of aryl methyl sites for hydroxylation is 1. The summed E-state index contributed by atoms with van der Waals surface area (Å²) in [4.78, 5) is 12.3. The lowest BCUT2D eigenvalue weighted by atomic mass is 9.95. The van der Waals surface area contributed by atoms with Crippen LogP contribution in [-0.2, 0) is 20.7 Å². The summed E-state index contributed by atoms with van der Waals surface area (Å²) < 4.78 is 11.2. The van der Waals surface area contributed by atoms with Gasteiger partial charge in [0.2, 0.25) is 0 Å². The van der Waals surface area contributed by atoms with Crippen LogP contribution in [0.3, 0.4) is 0 Å². The third-order valence-corrected chi connectivity index (χ3v) is 6.98. The molecule has 1 aromatic rings. The molecule has 0 bridgehead atoms. The van der Waals surface area contributed by atoms with Crippen LogP contribution in [0.2, 0.25) is 0 Å². The first kappa shape index (κ1) is 27.2. The van der Waals surface area contributed by atoms with Gasteiger partial charge in [-0.05, 0) is 67.2 Å². The second-order valence-corrected chi connectivity index (χ2v) is 10.1. The van der Waals surface area contributed by atoms with E-state index in [1.165, 1.54) is 28.7 Å². The molecule has 4 rings (SSSR count). The number of benzene rings is 1. The summed E-state index contributed by atoms with van der Waals surface area (Å²) in [6.07, 6.45) is 11.5. The van der Waals surface area contributed by atoms with Gasteiger partial charge in [0.05, 0.1) is 0 Å². The minimum absolute atomic E-state index is 0.334. The number of carbonyl (C=O) groups excluding carboxylic acids is 1. The van der Waals surface area contributed by atoms with E-state index in [-0.39, 0.29) is 0 Å². The van der Waals surface area contributed by atoms with Gasteiger partial charge in [-0.15, -0.1) is 0 Å². The Balaban J connectivity index is 0.000000420. The van der Waals surface area contributed by atoms with E-state index in [4.69, 9.17) is 15.3 Å². The Morgan fingerprint density at radius 2 is 1.83 bits per heavy atom. The maximum Gasteiger partial charge on any atom is 0.157 e. The molecule has 2 N–H and O–H groups in total. The van der Waals surface area contributed by atoms with E-state index >= 15 is 0 Å². The zero-order valence-corrected chi connectivity index (χ0v) is 21.8. The number of hydrogen-bond acceptors (Lipinski definition) is 5. The van der Waals surface area contributed by atoms with Crippen molar-refractivity contribution in [2.45, 2.75) is 78.1 Å². The highest BCUT2D eigenvalue weighted by Gasteiger charge is 2.20. The quantitative estimate of drug-likeness (QED) is 0.312. The smallest absolute Gasteiger partial charge is 0.157 e. The molecule has 0 spiro atoms. The van der Waals surface area contributed by atoms with Gasteiger partial charge < -0.3 is 9.47 Å². The second kappa shape index (κ2) is 14.3. The molecule has 2 heterocycles. The predicted molar refractivity (Wildman–Crippen MR) is 143 cm³/mol. The van der Waals surface area contributed by atoms with Crippen molar-refractivity contribution in [2.75, 3.05) is 26.3 Å². The number of nitrogens with two attached hydrogens (primary N) is 1. The van der Waals surface area contributed by atoms with E-state index in [9.17, 15) is 4.79 Å². The van der Waals surface area contributed by atoms with E-state index in [1.54, 1.807) is 0 Å². The molecule has 1 unspecified atom stereocenters. The van der Waals surface area contributed by atoms with Gasteiger partial charge in [-0.2, -0.15) is 0 Å². The summed E-state index contributed by atoms with van der Waals surface area (Å²) in [5.74, 6) is 8.41. The Hall–Kier alpha value is -2.37. The minimum atomic E-state index is 0.334. The Morgan fingerprint density at radius 3 is 2.49 bits per heavy atom. The molecular weight excluding hydrogens is 436 g/mol. The molecule has 5 heteroatoms. The number of unbranched alkanes of at least 4 members (excludes halogenated alkanes) is 2. The number of nitrogens with zero attached hydrogens (tertiary/aromatic N) is 1. The molecule has 2 aliphatic heterocycles. The lowest BCUT2D eigenvalue weighted by Gasteiger charge is -2.24. The van der Waals surface area contributed by atoms with Crippen molar-refractivity contribution in [3.63, 3.8) is 0 Å². The summed E-state index contributed by atoms with van der Waals surface area (Å²) in [7, 11) is 0. The first-order valence-corrected chi connectivity index (χ1v) is 13.4. The average molecular weight is 481 g/mol. The minimum Gasteiger partial charge on any atom is -0.491 e. The number of rotatable bonds is 10. The van der Waals surface area contributed by atoms with Crippen LogP contribution in [0.25, 0.3) is 5.57 Å². The molecule has 1 aliphatic carbocycles. The Labute approximate surface area is 212 Å². The van der Waals surface area contributed by atoms with Gasteiger partial charge in [-0.25, -0.2) is 5.01 Å². The zero-order chi connectivity index (χ0) is 25.0. The number of ketones is 1. The van der Waals surface area contributed by atoms with E-state index in [2.05, 4.69) is 44.7 Å². The zero-order valence-electron chi connectivity index (χ0n) is 21.8. The predicted octanol–water partition coefficient (Wildman–Crippen LogP) is 6.35.